The van der Waals surface area contributed by atoms with Gasteiger partial charge in [-0.05, 0) is 11.4 Å². The summed E-state index contributed by atoms with van der Waals surface area (Å²) < 4.78 is 10.3. The zero-order valence-corrected chi connectivity index (χ0v) is 10.5. The molecule has 2 aromatic rings. The van der Waals surface area contributed by atoms with Crippen molar-refractivity contribution in [2.45, 2.75) is 6.54 Å². The number of methoxy groups -OCH3 is 2. The average Bonchev–Trinajstić information content (AvgIpc) is 2.88. The van der Waals surface area contributed by atoms with E-state index in [-0.39, 0.29) is 0 Å². The van der Waals surface area contributed by atoms with Crippen molar-refractivity contribution in [3.8, 4) is 11.8 Å². The molecule has 0 fully saturated rings. The molecule has 0 aliphatic heterocycles. The smallest absolute Gasteiger partial charge is 0.244 e. The first-order valence-electron chi connectivity index (χ1n) is 5.04. The molecule has 0 atom stereocenters. The topological polar surface area (TPSA) is 56.3 Å². The second-order valence-electron chi connectivity index (χ2n) is 3.20. The van der Waals surface area contributed by atoms with Gasteiger partial charge in [-0.3, -0.25) is 0 Å². The number of aromatic nitrogens is 2. The van der Waals surface area contributed by atoms with E-state index in [0.29, 0.717) is 24.0 Å². The Morgan fingerprint density at radius 1 is 1.24 bits per heavy atom. The molecule has 5 nitrogen and oxygen atoms in total. The molecular formula is C11H13N3O2S. The van der Waals surface area contributed by atoms with Crippen LogP contribution in [-0.4, -0.2) is 24.2 Å². The maximum Gasteiger partial charge on any atom is 0.244 e. The second kappa shape index (κ2) is 5.49. The van der Waals surface area contributed by atoms with Crippen LogP contribution in [0.3, 0.4) is 0 Å². The quantitative estimate of drug-likeness (QED) is 0.882. The van der Waals surface area contributed by atoms with Crippen LogP contribution in [0.15, 0.2) is 23.8 Å². The van der Waals surface area contributed by atoms with Crippen LogP contribution in [0.2, 0.25) is 0 Å². The lowest BCUT2D eigenvalue weighted by Crippen LogP contribution is -2.05. The first kappa shape index (κ1) is 11.7. The summed E-state index contributed by atoms with van der Waals surface area (Å²) in [5, 5.41) is 5.26. The highest BCUT2D eigenvalue weighted by atomic mass is 32.1. The molecule has 2 rings (SSSR count). The van der Waals surface area contributed by atoms with Gasteiger partial charge in [0.2, 0.25) is 11.8 Å². The standard InChI is InChI=1S/C11H13N3O2S/c1-15-10-9(11(16-2)14-7-13-10)12-6-8-4-3-5-17-8/h3-5,7,12H,6H2,1-2H3. The first-order valence-corrected chi connectivity index (χ1v) is 5.92. The third kappa shape index (κ3) is 2.65. The van der Waals surface area contributed by atoms with Crippen LogP contribution in [0.1, 0.15) is 4.88 Å². The maximum atomic E-state index is 5.17. The van der Waals surface area contributed by atoms with Gasteiger partial charge in [0.05, 0.1) is 14.2 Å². The summed E-state index contributed by atoms with van der Waals surface area (Å²) in [5.74, 6) is 0.960. The molecule has 0 radical (unpaired) electrons. The summed E-state index contributed by atoms with van der Waals surface area (Å²) in [6, 6.07) is 4.07. The normalized spacial score (nSPS) is 10.0. The van der Waals surface area contributed by atoms with Crippen molar-refractivity contribution in [2.24, 2.45) is 0 Å². The van der Waals surface area contributed by atoms with Gasteiger partial charge in [-0.25, -0.2) is 0 Å². The van der Waals surface area contributed by atoms with Gasteiger partial charge in [-0.1, -0.05) is 6.07 Å². The van der Waals surface area contributed by atoms with Gasteiger partial charge in [-0.15, -0.1) is 11.3 Å². The highest BCUT2D eigenvalue weighted by Gasteiger charge is 2.12. The molecule has 6 heteroatoms. The van der Waals surface area contributed by atoms with E-state index in [0.717, 1.165) is 0 Å². The van der Waals surface area contributed by atoms with Crippen LogP contribution in [0.4, 0.5) is 5.69 Å². The van der Waals surface area contributed by atoms with Gasteiger partial charge in [0.1, 0.15) is 6.33 Å². The lowest BCUT2D eigenvalue weighted by atomic mass is 10.4. The van der Waals surface area contributed by atoms with E-state index in [1.54, 1.807) is 25.6 Å². The van der Waals surface area contributed by atoms with E-state index < -0.39 is 0 Å². The Kier molecular flexibility index (Phi) is 3.77. The fraction of sp³-hybridized carbons (Fsp3) is 0.273. The van der Waals surface area contributed by atoms with E-state index in [2.05, 4.69) is 21.4 Å². The van der Waals surface area contributed by atoms with Crippen molar-refractivity contribution in [2.75, 3.05) is 19.5 Å². The second-order valence-corrected chi connectivity index (χ2v) is 4.23. The molecular weight excluding hydrogens is 238 g/mol. The van der Waals surface area contributed by atoms with E-state index in [4.69, 9.17) is 9.47 Å². The fourth-order valence-corrected chi connectivity index (χ4v) is 2.05. The largest absolute Gasteiger partial charge is 0.479 e. The van der Waals surface area contributed by atoms with Crippen LogP contribution < -0.4 is 14.8 Å². The Bertz CT molecular complexity index is 451. The van der Waals surface area contributed by atoms with Gasteiger partial charge >= 0.3 is 0 Å². The molecule has 0 aliphatic rings. The van der Waals surface area contributed by atoms with Crippen LogP contribution in [-0.2, 0) is 6.54 Å². The molecule has 0 bridgehead atoms. The Balaban J connectivity index is 2.18. The van der Waals surface area contributed by atoms with Crippen LogP contribution in [0.5, 0.6) is 11.8 Å². The number of thiophene rings is 1. The third-order valence-electron chi connectivity index (χ3n) is 2.18. The van der Waals surface area contributed by atoms with Crippen molar-refractivity contribution < 1.29 is 9.47 Å². The van der Waals surface area contributed by atoms with Gasteiger partial charge in [0, 0.05) is 11.4 Å². The Morgan fingerprint density at radius 3 is 2.47 bits per heavy atom. The third-order valence-corrected chi connectivity index (χ3v) is 3.06. The zero-order valence-electron chi connectivity index (χ0n) is 9.64. The molecule has 0 spiro atoms. The summed E-state index contributed by atoms with van der Waals surface area (Å²) in [7, 11) is 3.14. The van der Waals surface area contributed by atoms with Crippen molar-refractivity contribution in [3.63, 3.8) is 0 Å². The minimum Gasteiger partial charge on any atom is -0.479 e. The number of hydrogen-bond donors (Lipinski definition) is 1. The van der Waals surface area contributed by atoms with E-state index in [9.17, 15) is 0 Å². The maximum absolute atomic E-state index is 5.17. The van der Waals surface area contributed by atoms with Crippen molar-refractivity contribution in [3.05, 3.63) is 28.7 Å². The van der Waals surface area contributed by atoms with Crippen LogP contribution in [0, 0.1) is 0 Å². The van der Waals surface area contributed by atoms with Gasteiger partial charge < -0.3 is 14.8 Å². The van der Waals surface area contributed by atoms with Gasteiger partial charge in [0.25, 0.3) is 0 Å². The number of nitrogens with one attached hydrogen (secondary N) is 1. The molecule has 2 heterocycles. The van der Waals surface area contributed by atoms with E-state index in [1.807, 2.05) is 11.4 Å². The van der Waals surface area contributed by atoms with Gasteiger partial charge in [0.15, 0.2) is 5.69 Å². The number of nitrogens with zero attached hydrogens (tertiary/aromatic N) is 2. The Morgan fingerprint density at radius 2 is 1.94 bits per heavy atom. The average molecular weight is 251 g/mol. The molecule has 2 aromatic heterocycles. The summed E-state index contributed by atoms with van der Waals surface area (Å²) in [4.78, 5) is 9.29. The van der Waals surface area contributed by atoms with Crippen molar-refractivity contribution in [1.29, 1.82) is 0 Å². The minimum atomic E-state index is 0.480. The molecule has 0 aromatic carbocycles. The fourth-order valence-electron chi connectivity index (χ4n) is 1.40. The van der Waals surface area contributed by atoms with Crippen LogP contribution in [0.25, 0.3) is 0 Å². The summed E-state index contributed by atoms with van der Waals surface area (Å²) in [5.41, 5.74) is 0.672. The highest BCUT2D eigenvalue weighted by Crippen LogP contribution is 2.30. The predicted octanol–water partition coefficient (Wildman–Crippen LogP) is 2.17. The number of hydrogen-bond acceptors (Lipinski definition) is 6. The Hall–Kier alpha value is -1.82. The number of ether oxygens (including phenoxy) is 2. The molecule has 0 unspecified atom stereocenters. The molecule has 0 amide bonds. The van der Waals surface area contributed by atoms with Gasteiger partial charge in [-0.2, -0.15) is 9.97 Å². The van der Waals surface area contributed by atoms with Crippen LogP contribution >= 0.6 is 11.3 Å². The van der Waals surface area contributed by atoms with E-state index >= 15 is 0 Å². The summed E-state index contributed by atoms with van der Waals surface area (Å²) >= 11 is 1.68. The first-order chi connectivity index (χ1) is 8.35. The van der Waals surface area contributed by atoms with E-state index in [1.165, 1.54) is 11.2 Å². The highest BCUT2D eigenvalue weighted by molar-refractivity contribution is 7.09. The lowest BCUT2D eigenvalue weighted by Gasteiger charge is -2.11. The summed E-state index contributed by atoms with van der Waals surface area (Å²) in [6.07, 6.45) is 1.41. The minimum absolute atomic E-state index is 0.480. The zero-order chi connectivity index (χ0) is 12.1. The molecule has 0 aliphatic carbocycles. The molecule has 1 N–H and O–H groups in total. The SMILES string of the molecule is COc1ncnc(OC)c1NCc1cccs1. The van der Waals surface area contributed by atoms with Crippen molar-refractivity contribution >= 4 is 17.0 Å². The van der Waals surface area contributed by atoms with Crippen molar-refractivity contribution in [1.82, 2.24) is 9.97 Å². The lowest BCUT2D eigenvalue weighted by molar-refractivity contribution is 0.375. The molecule has 0 saturated heterocycles. The predicted molar refractivity (Wildman–Crippen MR) is 66.8 cm³/mol. The monoisotopic (exact) mass is 251 g/mol. The molecule has 17 heavy (non-hydrogen) atoms. The number of anilines is 1. The Labute approximate surface area is 103 Å². The molecule has 0 saturated carbocycles. The number of rotatable bonds is 5. The summed E-state index contributed by atoms with van der Waals surface area (Å²) in [6.45, 7) is 0.692. The molecule has 90 valence electrons.